The van der Waals surface area contributed by atoms with Gasteiger partial charge in [0.2, 0.25) is 0 Å². The lowest BCUT2D eigenvalue weighted by molar-refractivity contribution is -0.0756. The maximum absolute atomic E-state index is 13.1. The van der Waals surface area contributed by atoms with E-state index in [9.17, 15) is 9.50 Å². The molecule has 1 aromatic carbocycles. The largest absolute Gasteiger partial charge is 0.389 e. The number of piperidine rings is 1. The number of benzene rings is 1. The van der Waals surface area contributed by atoms with E-state index < -0.39 is 5.60 Å². The van der Waals surface area contributed by atoms with Gasteiger partial charge in [-0.2, -0.15) is 0 Å². The second-order valence-electron chi connectivity index (χ2n) is 5.98. The van der Waals surface area contributed by atoms with Crippen molar-refractivity contribution in [1.82, 2.24) is 5.32 Å². The van der Waals surface area contributed by atoms with Crippen molar-refractivity contribution < 1.29 is 14.2 Å². The lowest BCUT2D eigenvalue weighted by atomic mass is 9.78. The van der Waals surface area contributed by atoms with Crippen molar-refractivity contribution in [2.24, 2.45) is 0 Å². The van der Waals surface area contributed by atoms with Gasteiger partial charge in [-0.15, -0.1) is 0 Å². The highest BCUT2D eigenvalue weighted by atomic mass is 19.1. The van der Waals surface area contributed by atoms with Crippen molar-refractivity contribution in [1.29, 1.82) is 0 Å². The van der Waals surface area contributed by atoms with Crippen molar-refractivity contribution in [2.75, 3.05) is 13.2 Å². The fourth-order valence-corrected chi connectivity index (χ4v) is 3.37. The van der Waals surface area contributed by atoms with Gasteiger partial charge in [0, 0.05) is 18.5 Å². The molecule has 2 aliphatic heterocycles. The summed E-state index contributed by atoms with van der Waals surface area (Å²) in [5, 5.41) is 14.3. The van der Waals surface area contributed by atoms with Crippen molar-refractivity contribution in [3.63, 3.8) is 0 Å². The lowest BCUT2D eigenvalue weighted by Gasteiger charge is -2.45. The van der Waals surface area contributed by atoms with Gasteiger partial charge in [0.15, 0.2) is 0 Å². The third-order valence-corrected chi connectivity index (χ3v) is 4.19. The van der Waals surface area contributed by atoms with Crippen LogP contribution in [0.3, 0.4) is 0 Å². The third-order valence-electron chi connectivity index (χ3n) is 4.19. The minimum Gasteiger partial charge on any atom is -0.389 e. The molecule has 2 aliphatic rings. The molecule has 2 fully saturated rings. The molecule has 2 saturated heterocycles. The van der Waals surface area contributed by atoms with Gasteiger partial charge in [-0.3, -0.25) is 0 Å². The van der Waals surface area contributed by atoms with Crippen LogP contribution in [0.2, 0.25) is 0 Å². The molecule has 0 aromatic heterocycles. The number of hydrogen-bond donors (Lipinski definition) is 2. The summed E-state index contributed by atoms with van der Waals surface area (Å²) in [5.74, 6) is -0.219. The maximum atomic E-state index is 13.1. The number of rotatable bonds is 2. The van der Waals surface area contributed by atoms with Crippen molar-refractivity contribution in [2.45, 2.75) is 43.9 Å². The van der Waals surface area contributed by atoms with Gasteiger partial charge >= 0.3 is 0 Å². The first-order valence-corrected chi connectivity index (χ1v) is 6.85. The van der Waals surface area contributed by atoms with E-state index in [2.05, 4.69) is 5.32 Å². The Hall–Kier alpha value is -0.970. The van der Waals surface area contributed by atoms with E-state index in [1.807, 2.05) is 6.92 Å². The molecule has 1 aromatic rings. The van der Waals surface area contributed by atoms with E-state index in [0.717, 1.165) is 11.1 Å². The fourth-order valence-electron chi connectivity index (χ4n) is 3.37. The number of morpholine rings is 1. The molecular weight excluding hydrogens is 245 g/mol. The van der Waals surface area contributed by atoms with Gasteiger partial charge in [-0.05, 0) is 43.0 Å². The SMILES string of the molecule is Cc1cc(F)ccc1CC1(O)CC2COCC(C1)N2. The summed E-state index contributed by atoms with van der Waals surface area (Å²) in [5.41, 5.74) is 1.24. The summed E-state index contributed by atoms with van der Waals surface area (Å²) in [6.07, 6.45) is 1.98. The minimum atomic E-state index is -0.701. The Morgan fingerprint density at radius 2 is 2.05 bits per heavy atom. The first kappa shape index (κ1) is 13.0. The summed E-state index contributed by atoms with van der Waals surface area (Å²) < 4.78 is 18.6. The average molecular weight is 265 g/mol. The molecule has 2 unspecified atom stereocenters. The standard InChI is InChI=1S/C15H20FNO2/c1-10-4-12(16)3-2-11(10)5-15(18)6-13-8-19-9-14(7-15)17-13/h2-4,13-14,17-18H,5-9H2,1H3. The second kappa shape index (κ2) is 4.85. The molecule has 2 N–H and O–H groups in total. The van der Waals surface area contributed by atoms with Gasteiger partial charge in [-0.25, -0.2) is 4.39 Å². The van der Waals surface area contributed by atoms with Crippen LogP contribution in [0.15, 0.2) is 18.2 Å². The summed E-state index contributed by atoms with van der Waals surface area (Å²) in [4.78, 5) is 0. The lowest BCUT2D eigenvalue weighted by Crippen LogP contribution is -2.60. The van der Waals surface area contributed by atoms with Crippen LogP contribution in [0.4, 0.5) is 4.39 Å². The van der Waals surface area contributed by atoms with Crippen LogP contribution in [0, 0.1) is 12.7 Å². The van der Waals surface area contributed by atoms with Gasteiger partial charge in [0.25, 0.3) is 0 Å². The van der Waals surface area contributed by atoms with Crippen molar-refractivity contribution in [3.8, 4) is 0 Å². The highest BCUT2D eigenvalue weighted by molar-refractivity contribution is 5.28. The van der Waals surface area contributed by atoms with Gasteiger partial charge in [-0.1, -0.05) is 6.07 Å². The van der Waals surface area contributed by atoms with Gasteiger partial charge < -0.3 is 15.2 Å². The quantitative estimate of drug-likeness (QED) is 0.852. The number of ether oxygens (including phenoxy) is 1. The first-order valence-electron chi connectivity index (χ1n) is 6.85. The van der Waals surface area contributed by atoms with Crippen LogP contribution in [-0.2, 0) is 11.2 Å². The van der Waals surface area contributed by atoms with E-state index in [1.165, 1.54) is 12.1 Å². The molecule has 4 heteroatoms. The highest BCUT2D eigenvalue weighted by Gasteiger charge is 2.41. The van der Waals surface area contributed by atoms with Crippen LogP contribution in [-0.4, -0.2) is 36.0 Å². The molecule has 3 rings (SSSR count). The maximum Gasteiger partial charge on any atom is 0.123 e. The number of aryl methyl sites for hydroxylation is 1. The molecule has 0 saturated carbocycles. The zero-order valence-electron chi connectivity index (χ0n) is 11.2. The molecule has 2 bridgehead atoms. The number of hydrogen-bond acceptors (Lipinski definition) is 3. The highest BCUT2D eigenvalue weighted by Crippen LogP contribution is 2.31. The van der Waals surface area contributed by atoms with Crippen LogP contribution in [0.5, 0.6) is 0 Å². The summed E-state index contributed by atoms with van der Waals surface area (Å²) in [6.45, 7) is 3.23. The zero-order chi connectivity index (χ0) is 13.5. The Labute approximate surface area is 112 Å². The predicted molar refractivity (Wildman–Crippen MR) is 70.6 cm³/mol. The predicted octanol–water partition coefficient (Wildman–Crippen LogP) is 1.56. The number of aliphatic hydroxyl groups is 1. The minimum absolute atomic E-state index is 0.219. The van der Waals surface area contributed by atoms with E-state index in [4.69, 9.17) is 4.74 Å². The van der Waals surface area contributed by atoms with E-state index >= 15 is 0 Å². The van der Waals surface area contributed by atoms with Crippen molar-refractivity contribution >= 4 is 0 Å². The summed E-state index contributed by atoms with van der Waals surface area (Å²) in [7, 11) is 0. The molecule has 2 atom stereocenters. The molecule has 19 heavy (non-hydrogen) atoms. The monoisotopic (exact) mass is 265 g/mol. The Bertz CT molecular complexity index is 465. The van der Waals surface area contributed by atoms with Gasteiger partial charge in [0.05, 0.1) is 18.8 Å². The molecular formula is C15H20FNO2. The van der Waals surface area contributed by atoms with Crippen molar-refractivity contribution in [3.05, 3.63) is 35.1 Å². The number of fused-ring (bicyclic) bond motifs is 2. The van der Waals surface area contributed by atoms with Crippen LogP contribution >= 0.6 is 0 Å². The van der Waals surface area contributed by atoms with Crippen LogP contribution in [0.1, 0.15) is 24.0 Å². The van der Waals surface area contributed by atoms with Crippen LogP contribution in [0.25, 0.3) is 0 Å². The molecule has 3 nitrogen and oxygen atoms in total. The molecule has 0 amide bonds. The normalized spacial score (nSPS) is 34.3. The fraction of sp³-hybridized carbons (Fsp3) is 0.600. The Morgan fingerprint density at radius 1 is 1.37 bits per heavy atom. The Kier molecular flexibility index (Phi) is 3.33. The van der Waals surface area contributed by atoms with E-state index in [0.29, 0.717) is 32.5 Å². The molecule has 0 aliphatic carbocycles. The topological polar surface area (TPSA) is 41.5 Å². The molecule has 0 spiro atoms. The smallest absolute Gasteiger partial charge is 0.123 e. The number of nitrogens with one attached hydrogen (secondary N) is 1. The molecule has 0 radical (unpaired) electrons. The molecule has 104 valence electrons. The van der Waals surface area contributed by atoms with E-state index in [-0.39, 0.29) is 17.9 Å². The zero-order valence-corrected chi connectivity index (χ0v) is 11.2. The number of halogens is 1. The first-order chi connectivity index (χ1) is 9.04. The average Bonchev–Trinajstić information content (AvgIpc) is 2.32. The van der Waals surface area contributed by atoms with Crippen LogP contribution < -0.4 is 5.32 Å². The Morgan fingerprint density at radius 3 is 2.68 bits per heavy atom. The molecule has 2 heterocycles. The van der Waals surface area contributed by atoms with E-state index in [1.54, 1.807) is 6.07 Å². The third kappa shape index (κ3) is 2.81. The Balaban J connectivity index is 1.77. The summed E-state index contributed by atoms with van der Waals surface area (Å²) >= 11 is 0. The second-order valence-corrected chi connectivity index (χ2v) is 5.98. The summed E-state index contributed by atoms with van der Waals surface area (Å²) in [6, 6.07) is 5.26. The van der Waals surface area contributed by atoms with Gasteiger partial charge in [0.1, 0.15) is 5.82 Å².